The van der Waals surface area contributed by atoms with E-state index in [0.29, 0.717) is 17.1 Å². The third-order valence-corrected chi connectivity index (χ3v) is 3.63. The first kappa shape index (κ1) is 19.2. The Morgan fingerprint density at radius 2 is 1.75 bits per heavy atom. The average Bonchev–Trinajstić information content (AvgIpc) is 3.16. The van der Waals surface area contributed by atoms with E-state index in [9.17, 15) is 18.0 Å². The third-order valence-electron chi connectivity index (χ3n) is 3.63. The van der Waals surface area contributed by atoms with Gasteiger partial charge in [-0.2, -0.15) is 18.3 Å². The lowest BCUT2D eigenvalue weighted by atomic mass is 10.1. The molecule has 5 nitrogen and oxygen atoms in total. The minimum absolute atomic E-state index is 0.0382. The van der Waals surface area contributed by atoms with Crippen LogP contribution in [0.25, 0.3) is 0 Å². The lowest BCUT2D eigenvalue weighted by molar-refractivity contribution is -0.137. The highest BCUT2D eigenvalue weighted by Gasteiger charge is 2.29. The van der Waals surface area contributed by atoms with Crippen molar-refractivity contribution in [3.05, 3.63) is 89.4 Å². The van der Waals surface area contributed by atoms with Gasteiger partial charge in [0.1, 0.15) is 18.1 Å². The summed E-state index contributed by atoms with van der Waals surface area (Å²) in [5, 5.41) is 3.72. The molecule has 8 heteroatoms. The molecule has 0 atom stereocenters. The zero-order chi connectivity index (χ0) is 20.0. The number of halogens is 3. The Bertz CT molecular complexity index is 949. The minimum Gasteiger partial charge on any atom is -0.486 e. The van der Waals surface area contributed by atoms with E-state index in [-0.39, 0.29) is 12.4 Å². The Morgan fingerprint density at radius 1 is 1.04 bits per heavy atom. The van der Waals surface area contributed by atoms with E-state index in [1.807, 2.05) is 18.2 Å². The molecular weight excluding hydrogens is 373 g/mol. The van der Waals surface area contributed by atoms with Gasteiger partial charge in [0, 0.05) is 0 Å². The Balaban J connectivity index is 1.52. The quantitative estimate of drug-likeness (QED) is 0.494. The maximum atomic E-state index is 12.5. The predicted molar refractivity (Wildman–Crippen MR) is 96.0 cm³/mol. The number of hydrogen-bond acceptors (Lipinski definition) is 4. The van der Waals surface area contributed by atoms with Gasteiger partial charge in [-0.1, -0.05) is 30.3 Å². The van der Waals surface area contributed by atoms with Crippen LogP contribution in [0.2, 0.25) is 0 Å². The predicted octanol–water partition coefficient (Wildman–Crippen LogP) is 4.64. The highest BCUT2D eigenvalue weighted by atomic mass is 19.4. The molecule has 0 radical (unpaired) electrons. The number of benzene rings is 2. The smallest absolute Gasteiger partial charge is 0.416 e. The summed E-state index contributed by atoms with van der Waals surface area (Å²) in [6.45, 7) is 0.159. The molecule has 144 valence electrons. The van der Waals surface area contributed by atoms with Crippen molar-refractivity contribution in [2.75, 3.05) is 0 Å². The summed E-state index contributed by atoms with van der Waals surface area (Å²) < 4.78 is 48.4. The van der Waals surface area contributed by atoms with Gasteiger partial charge in [-0.3, -0.25) is 4.79 Å². The summed E-state index contributed by atoms with van der Waals surface area (Å²) in [5.74, 6) is 0.581. The molecule has 0 aliphatic carbocycles. The van der Waals surface area contributed by atoms with Crippen LogP contribution in [0.4, 0.5) is 13.2 Å². The summed E-state index contributed by atoms with van der Waals surface area (Å²) in [6.07, 6.45) is -3.16. The third kappa shape index (κ3) is 5.23. The number of hydrogen-bond donors (Lipinski definition) is 1. The molecule has 28 heavy (non-hydrogen) atoms. The number of hydrazone groups is 1. The number of para-hydroxylation sites is 1. The normalized spacial score (nSPS) is 11.5. The van der Waals surface area contributed by atoms with Crippen LogP contribution in [0, 0.1) is 0 Å². The first-order chi connectivity index (χ1) is 13.4. The van der Waals surface area contributed by atoms with Crippen LogP contribution in [-0.2, 0) is 12.8 Å². The van der Waals surface area contributed by atoms with Crippen molar-refractivity contribution >= 4 is 12.1 Å². The van der Waals surface area contributed by atoms with Crippen LogP contribution in [-0.4, -0.2) is 12.1 Å². The highest BCUT2D eigenvalue weighted by molar-refractivity contribution is 5.92. The number of ether oxygens (including phenoxy) is 1. The molecule has 1 N–H and O–H groups in total. The van der Waals surface area contributed by atoms with E-state index in [1.165, 1.54) is 24.4 Å². The van der Waals surface area contributed by atoms with Crippen LogP contribution in [0.15, 0.2) is 76.2 Å². The summed E-state index contributed by atoms with van der Waals surface area (Å²) in [5.41, 5.74) is 1.91. The van der Waals surface area contributed by atoms with Crippen molar-refractivity contribution in [3.63, 3.8) is 0 Å². The molecule has 3 aromatic rings. The molecule has 0 saturated heterocycles. The van der Waals surface area contributed by atoms with Gasteiger partial charge in [0.05, 0.1) is 11.8 Å². The second-order valence-corrected chi connectivity index (χ2v) is 5.69. The highest BCUT2D eigenvalue weighted by Crippen LogP contribution is 2.28. The Hall–Kier alpha value is -3.55. The van der Waals surface area contributed by atoms with Crippen molar-refractivity contribution < 1.29 is 27.1 Å². The number of rotatable bonds is 6. The first-order valence-corrected chi connectivity index (χ1v) is 8.19. The molecular formula is C20H15F3N2O3. The summed E-state index contributed by atoms with van der Waals surface area (Å²) in [6, 6.07) is 16.6. The fourth-order valence-electron chi connectivity index (χ4n) is 2.23. The molecule has 0 spiro atoms. The number of nitrogens with one attached hydrogen (secondary N) is 1. The molecule has 0 bridgehead atoms. The van der Waals surface area contributed by atoms with E-state index in [1.54, 1.807) is 18.2 Å². The molecule has 1 heterocycles. The van der Waals surface area contributed by atoms with Crippen LogP contribution >= 0.6 is 0 Å². The van der Waals surface area contributed by atoms with Gasteiger partial charge in [-0.15, -0.1) is 0 Å². The van der Waals surface area contributed by atoms with Gasteiger partial charge in [0.25, 0.3) is 0 Å². The maximum absolute atomic E-state index is 12.5. The number of carbonyl (C=O) groups excluding carboxylic acids is 1. The summed E-state index contributed by atoms with van der Waals surface area (Å²) >= 11 is 0. The SMILES string of the molecule is O=C(N/N=C\c1ccc(C(F)(F)F)cc1)c1ccc(COc2ccccc2)o1. The standard InChI is InChI=1S/C20H15F3N2O3/c21-20(22,23)15-8-6-14(7-9-15)12-24-25-19(26)18-11-10-17(28-18)13-27-16-4-2-1-3-5-16/h1-12H,13H2,(H,25,26)/b24-12-. The zero-order valence-electron chi connectivity index (χ0n) is 14.4. The lowest BCUT2D eigenvalue weighted by Gasteiger charge is -2.05. The fourth-order valence-corrected chi connectivity index (χ4v) is 2.23. The van der Waals surface area contributed by atoms with E-state index in [4.69, 9.17) is 9.15 Å². The van der Waals surface area contributed by atoms with Crippen molar-refractivity contribution in [1.29, 1.82) is 0 Å². The van der Waals surface area contributed by atoms with Crippen molar-refractivity contribution in [2.45, 2.75) is 12.8 Å². The van der Waals surface area contributed by atoms with Crippen molar-refractivity contribution in [2.24, 2.45) is 5.10 Å². The van der Waals surface area contributed by atoms with Crippen LogP contribution in [0.3, 0.4) is 0 Å². The van der Waals surface area contributed by atoms with Crippen molar-refractivity contribution in [3.8, 4) is 5.75 Å². The molecule has 1 amide bonds. The fraction of sp³-hybridized carbons (Fsp3) is 0.100. The van der Waals surface area contributed by atoms with E-state index < -0.39 is 17.6 Å². The van der Waals surface area contributed by atoms with Gasteiger partial charge in [0.15, 0.2) is 5.76 Å². The van der Waals surface area contributed by atoms with Crippen LogP contribution in [0.1, 0.15) is 27.4 Å². The number of amides is 1. The van der Waals surface area contributed by atoms with Gasteiger partial charge in [0.2, 0.25) is 0 Å². The molecule has 0 aliphatic rings. The van der Waals surface area contributed by atoms with Crippen LogP contribution in [0.5, 0.6) is 5.75 Å². The van der Waals surface area contributed by atoms with Crippen molar-refractivity contribution in [1.82, 2.24) is 5.43 Å². The van der Waals surface area contributed by atoms with Gasteiger partial charge < -0.3 is 9.15 Å². The van der Waals surface area contributed by atoms with E-state index in [0.717, 1.165) is 12.1 Å². The minimum atomic E-state index is -4.40. The summed E-state index contributed by atoms with van der Waals surface area (Å²) in [7, 11) is 0. The second-order valence-electron chi connectivity index (χ2n) is 5.69. The van der Waals surface area contributed by atoms with E-state index >= 15 is 0 Å². The van der Waals surface area contributed by atoms with Gasteiger partial charge >= 0.3 is 12.1 Å². The number of alkyl halides is 3. The first-order valence-electron chi connectivity index (χ1n) is 8.19. The largest absolute Gasteiger partial charge is 0.486 e. The maximum Gasteiger partial charge on any atom is 0.416 e. The monoisotopic (exact) mass is 388 g/mol. The Kier molecular flexibility index (Phi) is 5.78. The number of furan rings is 1. The molecule has 0 saturated carbocycles. The summed E-state index contributed by atoms with van der Waals surface area (Å²) in [4.78, 5) is 12.0. The molecule has 2 aromatic carbocycles. The zero-order valence-corrected chi connectivity index (χ0v) is 14.4. The second kappa shape index (κ2) is 8.43. The average molecular weight is 388 g/mol. The Labute approximate surface area is 158 Å². The van der Waals surface area contributed by atoms with Gasteiger partial charge in [-0.25, -0.2) is 5.43 Å². The van der Waals surface area contributed by atoms with Gasteiger partial charge in [-0.05, 0) is 42.0 Å². The molecule has 0 fully saturated rings. The molecule has 1 aromatic heterocycles. The lowest BCUT2D eigenvalue weighted by Crippen LogP contribution is -2.16. The molecule has 3 rings (SSSR count). The Morgan fingerprint density at radius 3 is 2.43 bits per heavy atom. The molecule has 0 unspecified atom stereocenters. The number of carbonyl (C=O) groups is 1. The van der Waals surface area contributed by atoms with Crippen LogP contribution < -0.4 is 10.2 Å². The number of nitrogens with zero attached hydrogens (tertiary/aromatic N) is 1. The molecule has 0 aliphatic heterocycles. The topological polar surface area (TPSA) is 63.8 Å². The van der Waals surface area contributed by atoms with E-state index in [2.05, 4.69) is 10.5 Å².